The molecular weight excluding hydrogens is 266 g/mol. The molecule has 0 aliphatic heterocycles. The first-order valence-electron chi connectivity index (χ1n) is 2.92. The first kappa shape index (κ1) is 10.0. The van der Waals surface area contributed by atoms with E-state index in [2.05, 4.69) is 15.9 Å². The zero-order valence-electron chi connectivity index (χ0n) is 5.68. The largest absolute Gasteiger partial charge is 0.284 e. The van der Waals surface area contributed by atoms with E-state index in [1.165, 1.54) is 18.2 Å². The zero-order chi connectivity index (χ0) is 9.14. The van der Waals surface area contributed by atoms with E-state index in [0.29, 0.717) is 9.37 Å². The van der Waals surface area contributed by atoms with Gasteiger partial charge in [0.05, 0.1) is 0 Å². The van der Waals surface area contributed by atoms with Crippen LogP contribution in [0.4, 0.5) is 9.18 Å². The Hall–Kier alpha value is -0.0600. The van der Waals surface area contributed by atoms with Crippen LogP contribution < -0.4 is 0 Å². The van der Waals surface area contributed by atoms with Crippen LogP contribution in [0.15, 0.2) is 27.6 Å². The summed E-state index contributed by atoms with van der Waals surface area (Å²) in [6, 6.07) is 4.04. The summed E-state index contributed by atoms with van der Waals surface area (Å²) in [5.41, 5.74) is 0. The van der Waals surface area contributed by atoms with Crippen molar-refractivity contribution in [3.8, 4) is 0 Å². The molecule has 1 aromatic carbocycles. The van der Waals surface area contributed by atoms with Crippen LogP contribution >= 0.6 is 39.3 Å². The van der Waals surface area contributed by atoms with Gasteiger partial charge in [0.2, 0.25) is 0 Å². The summed E-state index contributed by atoms with van der Waals surface area (Å²) in [6.07, 6.45) is 0. The quantitative estimate of drug-likeness (QED) is 0.565. The Bertz CT molecular complexity index is 318. The summed E-state index contributed by atoms with van der Waals surface area (Å²) in [5, 5.41) is 0. The summed E-state index contributed by atoms with van der Waals surface area (Å²) >= 11 is 9.08. The minimum atomic E-state index is -0.540. The minimum Gasteiger partial charge on any atom is -0.268 e. The standard InChI is InChI=1S/C7H3BrClFOS/c8-5-3-4(10)1-2-6(5)12-7(9)11/h1-3H. The van der Waals surface area contributed by atoms with E-state index < -0.39 is 4.57 Å². The van der Waals surface area contributed by atoms with E-state index in [1.54, 1.807) is 0 Å². The van der Waals surface area contributed by atoms with Gasteiger partial charge >= 0.3 is 0 Å². The lowest BCUT2D eigenvalue weighted by molar-refractivity contribution is 0.276. The third-order valence-corrected chi connectivity index (χ3v) is 2.97. The number of halogens is 3. The van der Waals surface area contributed by atoms with Crippen LogP contribution in [0.25, 0.3) is 0 Å². The van der Waals surface area contributed by atoms with E-state index in [9.17, 15) is 9.18 Å². The average Bonchev–Trinajstić information content (AvgIpc) is 1.94. The Labute approximate surface area is 86.4 Å². The Morgan fingerprint density at radius 3 is 2.75 bits per heavy atom. The lowest BCUT2D eigenvalue weighted by atomic mass is 10.3. The second kappa shape index (κ2) is 4.25. The van der Waals surface area contributed by atoms with E-state index in [-0.39, 0.29) is 5.82 Å². The fourth-order valence-corrected chi connectivity index (χ4v) is 1.95. The molecule has 0 aromatic heterocycles. The number of carbonyl (C=O) groups excluding carboxylic acids is 1. The highest BCUT2D eigenvalue weighted by Crippen LogP contribution is 2.29. The van der Waals surface area contributed by atoms with Crippen molar-refractivity contribution in [1.29, 1.82) is 0 Å². The topological polar surface area (TPSA) is 17.1 Å². The lowest BCUT2D eigenvalue weighted by Crippen LogP contribution is -1.80. The van der Waals surface area contributed by atoms with Gasteiger partial charge in [-0.3, -0.25) is 4.79 Å². The molecule has 5 heteroatoms. The molecule has 0 radical (unpaired) electrons. The molecule has 1 rings (SSSR count). The van der Waals surface area contributed by atoms with Crippen molar-refractivity contribution in [2.45, 2.75) is 4.90 Å². The van der Waals surface area contributed by atoms with Crippen LogP contribution in [0.2, 0.25) is 0 Å². The maximum absolute atomic E-state index is 12.5. The van der Waals surface area contributed by atoms with Crippen LogP contribution in [0, 0.1) is 5.82 Å². The Kier molecular flexibility index (Phi) is 3.55. The summed E-state index contributed by atoms with van der Waals surface area (Å²) < 4.78 is 12.5. The molecule has 0 saturated carbocycles. The second-order valence-electron chi connectivity index (χ2n) is 1.91. The van der Waals surface area contributed by atoms with E-state index in [0.717, 1.165) is 11.8 Å². The fourth-order valence-electron chi connectivity index (χ4n) is 0.644. The number of benzene rings is 1. The van der Waals surface area contributed by atoms with Crippen LogP contribution in [0.5, 0.6) is 0 Å². The van der Waals surface area contributed by atoms with Gasteiger partial charge in [0.15, 0.2) is 0 Å². The number of hydrogen-bond acceptors (Lipinski definition) is 2. The van der Waals surface area contributed by atoms with Gasteiger partial charge in [-0.1, -0.05) is 0 Å². The number of hydrogen-bond donors (Lipinski definition) is 0. The normalized spacial score (nSPS) is 9.92. The molecule has 0 aliphatic rings. The zero-order valence-corrected chi connectivity index (χ0v) is 8.84. The van der Waals surface area contributed by atoms with Crippen LogP contribution in [0.1, 0.15) is 0 Å². The van der Waals surface area contributed by atoms with E-state index >= 15 is 0 Å². The maximum Gasteiger partial charge on any atom is 0.284 e. The number of rotatable bonds is 1. The van der Waals surface area contributed by atoms with Crippen molar-refractivity contribution in [2.24, 2.45) is 0 Å². The maximum atomic E-state index is 12.5. The molecule has 0 heterocycles. The molecular formula is C7H3BrClFOS. The molecule has 64 valence electrons. The summed E-state index contributed by atoms with van der Waals surface area (Å²) in [7, 11) is 0. The van der Waals surface area contributed by atoms with Gasteiger partial charge in [0.25, 0.3) is 4.57 Å². The smallest absolute Gasteiger partial charge is 0.268 e. The molecule has 0 unspecified atom stereocenters. The van der Waals surface area contributed by atoms with Gasteiger partial charge in [0, 0.05) is 9.37 Å². The van der Waals surface area contributed by atoms with Gasteiger partial charge < -0.3 is 0 Å². The summed E-state index contributed by atoms with van der Waals surface area (Å²) in [5.74, 6) is -0.353. The van der Waals surface area contributed by atoms with Crippen molar-refractivity contribution in [2.75, 3.05) is 0 Å². The Morgan fingerprint density at radius 1 is 1.58 bits per heavy atom. The Balaban J connectivity index is 2.93. The highest BCUT2D eigenvalue weighted by Gasteiger charge is 2.05. The van der Waals surface area contributed by atoms with E-state index in [1.807, 2.05) is 0 Å². The number of carbonyl (C=O) groups is 1. The van der Waals surface area contributed by atoms with Gasteiger partial charge in [0.1, 0.15) is 5.82 Å². The molecule has 1 aromatic rings. The van der Waals surface area contributed by atoms with Crippen molar-refractivity contribution >= 4 is 43.9 Å². The lowest BCUT2D eigenvalue weighted by Gasteiger charge is -1.98. The predicted molar refractivity (Wildman–Crippen MR) is 51.2 cm³/mol. The molecule has 0 aliphatic carbocycles. The number of thioether (sulfide) groups is 1. The first-order chi connectivity index (χ1) is 5.59. The Morgan fingerprint density at radius 2 is 2.25 bits per heavy atom. The molecule has 0 N–H and O–H groups in total. The second-order valence-corrected chi connectivity index (χ2v) is 4.35. The molecule has 0 saturated heterocycles. The van der Waals surface area contributed by atoms with Gasteiger partial charge in [-0.2, -0.15) is 0 Å². The third kappa shape index (κ3) is 2.77. The van der Waals surface area contributed by atoms with Crippen molar-refractivity contribution in [1.82, 2.24) is 0 Å². The van der Waals surface area contributed by atoms with Gasteiger partial charge in [-0.05, 0) is 57.5 Å². The molecule has 12 heavy (non-hydrogen) atoms. The molecule has 0 spiro atoms. The summed E-state index contributed by atoms with van der Waals surface area (Å²) in [4.78, 5) is 11.1. The molecule has 0 atom stereocenters. The van der Waals surface area contributed by atoms with Crippen LogP contribution in [-0.4, -0.2) is 4.57 Å². The van der Waals surface area contributed by atoms with Crippen molar-refractivity contribution in [3.05, 3.63) is 28.5 Å². The first-order valence-corrected chi connectivity index (χ1v) is 4.90. The molecule has 0 fully saturated rings. The highest BCUT2D eigenvalue weighted by atomic mass is 79.9. The predicted octanol–water partition coefficient (Wildman–Crippen LogP) is 4.04. The fraction of sp³-hybridized carbons (Fsp3) is 0. The molecule has 1 nitrogen and oxygen atoms in total. The summed E-state index contributed by atoms with van der Waals surface area (Å²) in [6.45, 7) is 0. The highest BCUT2D eigenvalue weighted by molar-refractivity contribution is 9.10. The van der Waals surface area contributed by atoms with E-state index in [4.69, 9.17) is 11.6 Å². The SMILES string of the molecule is O=C(Cl)Sc1ccc(F)cc1Br. The molecule has 0 amide bonds. The molecule has 0 bridgehead atoms. The monoisotopic (exact) mass is 268 g/mol. The van der Waals surface area contributed by atoms with Gasteiger partial charge in [-0.15, -0.1) is 0 Å². The van der Waals surface area contributed by atoms with Gasteiger partial charge in [-0.25, -0.2) is 4.39 Å². The van der Waals surface area contributed by atoms with Crippen molar-refractivity contribution in [3.63, 3.8) is 0 Å². The average molecular weight is 270 g/mol. The third-order valence-electron chi connectivity index (χ3n) is 1.08. The van der Waals surface area contributed by atoms with Crippen LogP contribution in [-0.2, 0) is 0 Å². The van der Waals surface area contributed by atoms with Crippen LogP contribution in [0.3, 0.4) is 0 Å². The van der Waals surface area contributed by atoms with Crippen molar-refractivity contribution < 1.29 is 9.18 Å². The minimum absolute atomic E-state index is 0.353.